The first-order valence-electron chi connectivity index (χ1n) is 17.9. The van der Waals surface area contributed by atoms with Crippen LogP contribution in [0, 0.1) is 17.9 Å². The fourth-order valence-corrected chi connectivity index (χ4v) is 8.01. The summed E-state index contributed by atoms with van der Waals surface area (Å²) in [5.41, 5.74) is 7.40. The molecule has 0 saturated heterocycles. The largest absolute Gasteiger partial charge is 0.310 e. The Morgan fingerprint density at radius 3 is 1.28 bits per heavy atom. The van der Waals surface area contributed by atoms with Gasteiger partial charge in [-0.2, -0.15) is 5.26 Å². The highest BCUT2D eigenvalue weighted by molar-refractivity contribution is 6.28. The average molecular weight is 687 g/mol. The van der Waals surface area contributed by atoms with E-state index >= 15 is 0 Å². The molecule has 0 aliphatic carbocycles. The number of hydrogen-bond acceptors (Lipinski definition) is 3. The Morgan fingerprint density at radius 2 is 0.815 bits per heavy atom. The SMILES string of the molecule is [C-]#[N+]c1ccc(N(c2ccc3ccccc3c2)c2ccc3ccc4c(N(c5ccc(C#N)cc5)c5ccc6ccccc6c5)ccc5ccc2c3c54)cc1. The minimum absolute atomic E-state index is 0.610. The van der Waals surface area contributed by atoms with E-state index in [1.165, 1.54) is 32.3 Å². The summed E-state index contributed by atoms with van der Waals surface area (Å²) < 4.78 is 0. The second-order valence-corrected chi connectivity index (χ2v) is 13.6. The topological polar surface area (TPSA) is 34.6 Å². The highest BCUT2D eigenvalue weighted by Crippen LogP contribution is 2.48. The molecule has 10 rings (SSSR count). The molecular weight excluding hydrogens is 657 g/mol. The van der Waals surface area contributed by atoms with Crippen molar-refractivity contribution in [3.05, 3.63) is 199 Å². The minimum Gasteiger partial charge on any atom is -0.310 e. The summed E-state index contributed by atoms with van der Waals surface area (Å²) in [7, 11) is 0. The Kier molecular flexibility index (Phi) is 7.22. The van der Waals surface area contributed by atoms with Gasteiger partial charge in [-0.15, -0.1) is 0 Å². The summed E-state index contributed by atoms with van der Waals surface area (Å²) in [6.07, 6.45) is 0. The summed E-state index contributed by atoms with van der Waals surface area (Å²) in [5, 5.41) is 21.3. The van der Waals surface area contributed by atoms with Crippen LogP contribution in [0.25, 0.3) is 58.7 Å². The van der Waals surface area contributed by atoms with Gasteiger partial charge in [0.1, 0.15) is 0 Å². The maximum Gasteiger partial charge on any atom is 0.187 e. The van der Waals surface area contributed by atoms with E-state index in [2.05, 4.69) is 154 Å². The molecule has 0 aromatic heterocycles. The molecule has 0 saturated carbocycles. The van der Waals surface area contributed by atoms with Crippen molar-refractivity contribution in [3.63, 3.8) is 0 Å². The second-order valence-electron chi connectivity index (χ2n) is 13.6. The molecule has 4 heteroatoms. The molecule has 0 amide bonds. The van der Waals surface area contributed by atoms with Gasteiger partial charge in [-0.05, 0) is 116 Å². The number of nitrogens with zero attached hydrogens (tertiary/aromatic N) is 4. The maximum atomic E-state index is 9.62. The molecule has 0 heterocycles. The van der Waals surface area contributed by atoms with Gasteiger partial charge < -0.3 is 9.80 Å². The Hall–Kier alpha value is -7.66. The summed E-state index contributed by atoms with van der Waals surface area (Å²) in [6, 6.07) is 65.9. The smallest absolute Gasteiger partial charge is 0.187 e. The van der Waals surface area contributed by atoms with Crippen LogP contribution in [0.4, 0.5) is 39.8 Å². The van der Waals surface area contributed by atoms with Crippen LogP contribution in [-0.4, -0.2) is 0 Å². The van der Waals surface area contributed by atoms with Crippen molar-refractivity contribution in [1.82, 2.24) is 0 Å². The van der Waals surface area contributed by atoms with Gasteiger partial charge in [0.25, 0.3) is 0 Å². The Bertz CT molecular complexity index is 2920. The Morgan fingerprint density at radius 1 is 0.407 bits per heavy atom. The Labute approximate surface area is 312 Å². The second kappa shape index (κ2) is 12.5. The lowest BCUT2D eigenvalue weighted by atomic mass is 9.91. The van der Waals surface area contributed by atoms with Crippen LogP contribution in [0.2, 0.25) is 0 Å². The fourth-order valence-electron chi connectivity index (χ4n) is 8.01. The van der Waals surface area contributed by atoms with E-state index in [0.29, 0.717) is 11.3 Å². The first-order chi connectivity index (χ1) is 26.7. The van der Waals surface area contributed by atoms with E-state index in [1.54, 1.807) is 0 Å². The highest BCUT2D eigenvalue weighted by atomic mass is 15.1. The molecule has 0 unspecified atom stereocenters. The van der Waals surface area contributed by atoms with Gasteiger partial charge in [0.2, 0.25) is 0 Å². The molecule has 0 aliphatic heterocycles. The van der Waals surface area contributed by atoms with Crippen molar-refractivity contribution in [2.24, 2.45) is 0 Å². The molecule has 0 fully saturated rings. The van der Waals surface area contributed by atoms with Crippen molar-refractivity contribution in [2.45, 2.75) is 0 Å². The molecular formula is C50H30N4. The quantitative estimate of drug-likeness (QED) is 0.129. The number of fused-ring (bicyclic) bond motifs is 2. The molecule has 4 nitrogen and oxygen atoms in total. The van der Waals surface area contributed by atoms with E-state index in [4.69, 9.17) is 6.57 Å². The van der Waals surface area contributed by atoms with Gasteiger partial charge in [-0.3, -0.25) is 0 Å². The predicted octanol–water partition coefficient (Wildman–Crippen LogP) is 14.3. The third kappa shape index (κ3) is 5.06. The molecule has 0 bridgehead atoms. The summed E-state index contributed by atoms with van der Waals surface area (Å²) in [6.45, 7) is 7.57. The zero-order valence-corrected chi connectivity index (χ0v) is 29.1. The van der Waals surface area contributed by atoms with Crippen molar-refractivity contribution in [1.29, 1.82) is 5.26 Å². The third-order valence-electron chi connectivity index (χ3n) is 10.6. The summed E-state index contributed by atoms with van der Waals surface area (Å²) in [4.78, 5) is 8.28. The Balaban J connectivity index is 1.22. The summed E-state index contributed by atoms with van der Waals surface area (Å²) >= 11 is 0. The van der Waals surface area contributed by atoms with Gasteiger partial charge in [0.15, 0.2) is 5.69 Å². The molecule has 10 aromatic rings. The molecule has 10 aromatic carbocycles. The average Bonchev–Trinajstić information content (AvgIpc) is 3.24. The van der Waals surface area contributed by atoms with Crippen LogP contribution in [-0.2, 0) is 0 Å². The van der Waals surface area contributed by atoms with Crippen molar-refractivity contribution < 1.29 is 0 Å². The molecule has 0 spiro atoms. The molecule has 250 valence electrons. The van der Waals surface area contributed by atoms with E-state index < -0.39 is 0 Å². The fraction of sp³-hybridized carbons (Fsp3) is 0. The molecule has 0 aliphatic rings. The van der Waals surface area contributed by atoms with Crippen LogP contribution in [0.5, 0.6) is 0 Å². The van der Waals surface area contributed by atoms with Crippen molar-refractivity contribution in [2.75, 3.05) is 9.80 Å². The zero-order valence-electron chi connectivity index (χ0n) is 29.1. The zero-order chi connectivity index (χ0) is 36.2. The molecule has 0 N–H and O–H groups in total. The van der Waals surface area contributed by atoms with Gasteiger partial charge in [-0.25, -0.2) is 4.85 Å². The number of benzene rings is 10. The number of rotatable bonds is 6. The van der Waals surface area contributed by atoms with Gasteiger partial charge in [0, 0.05) is 33.5 Å². The van der Waals surface area contributed by atoms with E-state index in [0.717, 1.165) is 55.7 Å². The lowest BCUT2D eigenvalue weighted by molar-refractivity contribution is 1.30. The van der Waals surface area contributed by atoms with E-state index in [-0.39, 0.29) is 0 Å². The highest BCUT2D eigenvalue weighted by Gasteiger charge is 2.22. The lowest BCUT2D eigenvalue weighted by Gasteiger charge is -2.29. The number of anilines is 6. The van der Waals surface area contributed by atoms with Gasteiger partial charge in [0.05, 0.1) is 29.6 Å². The number of nitriles is 1. The lowest BCUT2D eigenvalue weighted by Crippen LogP contribution is -2.11. The van der Waals surface area contributed by atoms with Crippen LogP contribution in [0.3, 0.4) is 0 Å². The number of hydrogen-bond donors (Lipinski definition) is 0. The summed E-state index contributed by atoms with van der Waals surface area (Å²) in [5.74, 6) is 0. The van der Waals surface area contributed by atoms with Crippen LogP contribution in [0.1, 0.15) is 5.56 Å². The monoisotopic (exact) mass is 686 g/mol. The standard InChI is InChI=1S/C50H30N4/c1-52-40-18-24-42(25-19-40)54(44-23-13-35-7-3-5-9-39(35)31-44)48-29-17-37-14-26-45-47(28-16-36-15-27-46(48)50(37)49(36)45)53(41-20-10-33(32-51)11-21-41)43-22-12-34-6-2-4-8-38(34)30-43/h2-31H. The van der Waals surface area contributed by atoms with Gasteiger partial charge in [-0.1, -0.05) is 109 Å². The predicted molar refractivity (Wildman–Crippen MR) is 226 cm³/mol. The van der Waals surface area contributed by atoms with Crippen LogP contribution < -0.4 is 9.80 Å². The normalized spacial score (nSPS) is 11.3. The van der Waals surface area contributed by atoms with E-state index in [9.17, 15) is 5.26 Å². The molecule has 0 atom stereocenters. The van der Waals surface area contributed by atoms with Crippen LogP contribution in [0.15, 0.2) is 182 Å². The first kappa shape index (κ1) is 31.1. The third-order valence-corrected chi connectivity index (χ3v) is 10.6. The molecule has 54 heavy (non-hydrogen) atoms. The first-order valence-corrected chi connectivity index (χ1v) is 17.9. The van der Waals surface area contributed by atoms with Gasteiger partial charge >= 0.3 is 0 Å². The maximum absolute atomic E-state index is 9.62. The van der Waals surface area contributed by atoms with Crippen molar-refractivity contribution >= 4 is 93.7 Å². The van der Waals surface area contributed by atoms with E-state index in [1.807, 2.05) is 48.5 Å². The molecule has 0 radical (unpaired) electrons. The van der Waals surface area contributed by atoms with Crippen molar-refractivity contribution in [3.8, 4) is 6.07 Å². The van der Waals surface area contributed by atoms with Crippen LogP contribution >= 0.6 is 0 Å². The minimum atomic E-state index is 0.610.